The number of ether oxygens (including phenoxy) is 7. The third kappa shape index (κ3) is 7.42. The van der Waals surface area contributed by atoms with Crippen molar-refractivity contribution in [1.82, 2.24) is 5.32 Å². The van der Waals surface area contributed by atoms with Gasteiger partial charge in [-0.3, -0.25) is 5.32 Å². The first kappa shape index (κ1) is 45.3. The van der Waals surface area contributed by atoms with E-state index in [9.17, 15) is 40.9 Å². The van der Waals surface area contributed by atoms with Gasteiger partial charge in [-0.1, -0.05) is 39.3 Å². The highest BCUT2D eigenvalue weighted by Gasteiger charge is 2.68. The van der Waals surface area contributed by atoms with E-state index in [1.165, 1.54) is 38.7 Å². The van der Waals surface area contributed by atoms with Crippen LogP contribution in [-0.2, 0) is 33.2 Å². The van der Waals surface area contributed by atoms with Crippen molar-refractivity contribution in [3.8, 4) is 0 Å². The van der Waals surface area contributed by atoms with Gasteiger partial charge in [0.25, 0.3) is 0 Å². The molecule has 0 radical (unpaired) electrons. The van der Waals surface area contributed by atoms with Gasteiger partial charge >= 0.3 is 0 Å². The average molecular weight is 868 g/mol. The number of aliphatic hydroxyl groups is 8. The first-order valence-electron chi connectivity index (χ1n) is 23.3. The molecule has 5 saturated heterocycles. The van der Waals surface area contributed by atoms with E-state index in [-0.39, 0.29) is 22.7 Å². The van der Waals surface area contributed by atoms with Crippen molar-refractivity contribution in [1.29, 1.82) is 0 Å². The molecule has 3 saturated carbocycles. The predicted octanol–water partition coefficient (Wildman–Crippen LogP) is 0.815. The maximum atomic E-state index is 12.0. The molecular weight excluding hydrogens is 794 g/mol. The van der Waals surface area contributed by atoms with E-state index >= 15 is 0 Å². The molecule has 0 aromatic carbocycles. The Balaban J connectivity index is 0.905. The lowest BCUT2D eigenvalue weighted by molar-refractivity contribution is -0.387. The molecule has 8 fully saturated rings. The summed E-state index contributed by atoms with van der Waals surface area (Å²) in [6.07, 6.45) is -10.0. The number of rotatable bonds is 7. The number of nitrogens with one attached hydrogen (secondary N) is 1. The number of allylic oxidation sites excluding steroid dienone is 1. The van der Waals surface area contributed by atoms with Crippen LogP contribution in [0, 0.1) is 46.3 Å². The summed E-state index contributed by atoms with van der Waals surface area (Å²) in [6, 6.07) is 0. The average Bonchev–Trinajstić information content (AvgIpc) is 3.69. The van der Waals surface area contributed by atoms with Crippen LogP contribution in [0.2, 0.25) is 0 Å². The zero-order valence-corrected chi connectivity index (χ0v) is 36.6. The van der Waals surface area contributed by atoms with Crippen molar-refractivity contribution in [3.63, 3.8) is 0 Å². The van der Waals surface area contributed by atoms with Crippen LogP contribution in [0.5, 0.6) is 0 Å². The molecule has 0 aromatic heterocycles. The van der Waals surface area contributed by atoms with Crippen LogP contribution in [-0.4, -0.2) is 164 Å². The highest BCUT2D eigenvalue weighted by atomic mass is 16.8. The van der Waals surface area contributed by atoms with Gasteiger partial charge < -0.3 is 74.0 Å². The standard InChI is InChI=1S/C45H73NO15/c1-19-9-14-45(46-17-19)20(2)30-28(61-45)16-27-25-8-7-23-15-24(10-12-43(23,5)26(25)11-13-44(27,30)6)57-42-37(54)39(60-41-36(53)34(51)32(49)22(4)56-41)38(29(18-47)58-42)59-40-35(52)33(50)31(48)21(3)55-40/h7,19-22,24-42,46-54H,8-18H2,1-6H3/t19?,20?,21-,22-,24+,25?,26?,27?,28?,29-,30?,31+,32+,33+,34+,35+,36+,37-,38-,39-,40-,41-,42-,43+,44+,45?/m1/s1. The number of piperidine rings is 1. The van der Waals surface area contributed by atoms with E-state index in [1.807, 2.05) is 0 Å². The Morgan fingerprint density at radius 1 is 0.705 bits per heavy atom. The molecule has 5 aliphatic heterocycles. The van der Waals surface area contributed by atoms with Crippen LogP contribution in [0.4, 0.5) is 0 Å². The molecule has 9 rings (SSSR count). The predicted molar refractivity (Wildman–Crippen MR) is 215 cm³/mol. The van der Waals surface area contributed by atoms with E-state index in [4.69, 9.17) is 33.2 Å². The molecule has 0 aromatic rings. The van der Waals surface area contributed by atoms with Crippen molar-refractivity contribution >= 4 is 0 Å². The topological polar surface area (TPSA) is 238 Å². The van der Waals surface area contributed by atoms with Gasteiger partial charge in [0, 0.05) is 12.5 Å². The molecule has 9 N–H and O–H groups in total. The van der Waals surface area contributed by atoms with Gasteiger partial charge in [-0.25, -0.2) is 0 Å². The van der Waals surface area contributed by atoms with Crippen LogP contribution < -0.4 is 5.32 Å². The summed E-state index contributed by atoms with van der Waals surface area (Å²) in [5.41, 5.74) is 1.44. The quantitative estimate of drug-likeness (QED) is 0.161. The van der Waals surface area contributed by atoms with Crippen molar-refractivity contribution in [3.05, 3.63) is 11.6 Å². The lowest BCUT2D eigenvalue weighted by Crippen LogP contribution is -2.67. The van der Waals surface area contributed by atoms with Gasteiger partial charge in [0.1, 0.15) is 66.8 Å². The number of hydrogen-bond acceptors (Lipinski definition) is 16. The Morgan fingerprint density at radius 2 is 1.34 bits per heavy atom. The van der Waals surface area contributed by atoms with E-state index in [0.29, 0.717) is 54.5 Å². The summed E-state index contributed by atoms with van der Waals surface area (Å²) in [5.74, 6) is 3.46. The number of hydrogen-bond donors (Lipinski definition) is 9. The van der Waals surface area contributed by atoms with Crippen LogP contribution in [0.3, 0.4) is 0 Å². The third-order valence-corrected chi connectivity index (χ3v) is 17.9. The molecule has 0 amide bonds. The fraction of sp³-hybridized carbons (Fsp3) is 0.956. The molecule has 16 nitrogen and oxygen atoms in total. The summed E-state index contributed by atoms with van der Waals surface area (Å²) in [4.78, 5) is 0. The smallest absolute Gasteiger partial charge is 0.187 e. The number of fused-ring (bicyclic) bond motifs is 7. The fourth-order valence-electron chi connectivity index (χ4n) is 14.2. The summed E-state index contributed by atoms with van der Waals surface area (Å²) in [6.45, 7) is 13.1. The number of aliphatic hydroxyl groups excluding tert-OH is 8. The zero-order chi connectivity index (χ0) is 43.5. The van der Waals surface area contributed by atoms with Crippen molar-refractivity contribution in [2.45, 2.75) is 209 Å². The Bertz CT molecular complexity index is 1600. The second-order valence-corrected chi connectivity index (χ2v) is 21.2. The highest BCUT2D eigenvalue weighted by molar-refractivity contribution is 5.26. The van der Waals surface area contributed by atoms with E-state index in [2.05, 4.69) is 39.1 Å². The SMILES string of the molecule is CC1CCC2(NC1)OC1CC3C4CC=C5C[C@@H](O[C@@H]6O[C@H](CO)[C@@H](O[C@H]7O[C@H](C)[C@H](O)[C@H](O)[C@@H]7O)[C@H](O[C@H]7O[C@H](C)[C@H](O)[C@H](O)[C@@H]7O)[C@H]6O)CC[C@]5(C)C4CC[C@]3(C)C1C2C. The highest BCUT2D eigenvalue weighted by Crippen LogP contribution is 2.70. The monoisotopic (exact) mass is 867 g/mol. The maximum Gasteiger partial charge on any atom is 0.187 e. The van der Waals surface area contributed by atoms with Crippen LogP contribution >= 0.6 is 0 Å². The van der Waals surface area contributed by atoms with Gasteiger partial charge in [0.15, 0.2) is 18.9 Å². The minimum Gasteiger partial charge on any atom is -0.394 e. The van der Waals surface area contributed by atoms with Crippen molar-refractivity contribution in [2.24, 2.45) is 46.3 Å². The van der Waals surface area contributed by atoms with Gasteiger partial charge in [-0.2, -0.15) is 0 Å². The first-order valence-corrected chi connectivity index (χ1v) is 23.3. The van der Waals surface area contributed by atoms with Gasteiger partial charge in [-0.05, 0) is 112 Å². The van der Waals surface area contributed by atoms with E-state index in [0.717, 1.165) is 32.2 Å². The van der Waals surface area contributed by atoms with E-state index in [1.54, 1.807) is 0 Å². The molecule has 26 atom stereocenters. The first-order chi connectivity index (χ1) is 28.9. The summed E-state index contributed by atoms with van der Waals surface area (Å²) >= 11 is 0. The molecule has 348 valence electrons. The summed E-state index contributed by atoms with van der Waals surface area (Å²) < 4.78 is 43.6. The lowest BCUT2D eigenvalue weighted by Gasteiger charge is -2.59. The lowest BCUT2D eigenvalue weighted by atomic mass is 9.47. The molecule has 1 spiro atoms. The third-order valence-electron chi connectivity index (χ3n) is 17.9. The van der Waals surface area contributed by atoms with Crippen molar-refractivity contribution in [2.75, 3.05) is 13.2 Å². The molecular formula is C45H73NO15. The Morgan fingerprint density at radius 3 is 1.97 bits per heavy atom. The molecule has 0 bridgehead atoms. The van der Waals surface area contributed by atoms with E-state index < -0.39 is 98.7 Å². The van der Waals surface area contributed by atoms with Gasteiger partial charge in [0.05, 0.1) is 31.0 Å². The molecule has 8 unspecified atom stereocenters. The second kappa shape index (κ2) is 16.8. The normalized spacial score (nSPS) is 58.4. The largest absolute Gasteiger partial charge is 0.394 e. The second-order valence-electron chi connectivity index (χ2n) is 21.2. The maximum absolute atomic E-state index is 12.0. The minimum atomic E-state index is -1.73. The Hall–Kier alpha value is -0.900. The van der Waals surface area contributed by atoms with Crippen LogP contribution in [0.25, 0.3) is 0 Å². The summed E-state index contributed by atoms with van der Waals surface area (Å²) in [7, 11) is 0. The molecule has 5 heterocycles. The Kier molecular flexibility index (Phi) is 12.4. The van der Waals surface area contributed by atoms with Crippen molar-refractivity contribution < 1.29 is 74.0 Å². The molecule has 4 aliphatic carbocycles. The zero-order valence-electron chi connectivity index (χ0n) is 36.6. The fourth-order valence-corrected chi connectivity index (χ4v) is 14.2. The van der Waals surface area contributed by atoms with Crippen LogP contribution in [0.1, 0.15) is 99.3 Å². The summed E-state index contributed by atoms with van der Waals surface area (Å²) in [5, 5.41) is 90.0. The van der Waals surface area contributed by atoms with Gasteiger partial charge in [0.2, 0.25) is 0 Å². The molecule has 61 heavy (non-hydrogen) atoms. The molecule has 9 aliphatic rings. The Labute approximate surface area is 359 Å². The minimum absolute atomic E-state index is 0.00743. The van der Waals surface area contributed by atoms with Gasteiger partial charge in [-0.15, -0.1) is 0 Å². The molecule has 16 heteroatoms. The van der Waals surface area contributed by atoms with Crippen LogP contribution in [0.15, 0.2) is 11.6 Å².